The lowest BCUT2D eigenvalue weighted by atomic mass is 10.1. The Morgan fingerprint density at radius 1 is 1.25 bits per heavy atom. The first-order valence-electron chi connectivity index (χ1n) is 7.13. The molecule has 0 aliphatic rings. The van der Waals surface area contributed by atoms with Crippen molar-refractivity contribution < 1.29 is 22.7 Å². The van der Waals surface area contributed by atoms with Gasteiger partial charge in [0, 0.05) is 5.54 Å². The van der Waals surface area contributed by atoms with E-state index in [1.54, 1.807) is 20.8 Å². The highest BCUT2D eigenvalue weighted by Gasteiger charge is 2.24. The van der Waals surface area contributed by atoms with Crippen LogP contribution in [0.25, 0.3) is 0 Å². The molecule has 0 fully saturated rings. The van der Waals surface area contributed by atoms with Gasteiger partial charge in [0.2, 0.25) is 10.0 Å². The van der Waals surface area contributed by atoms with E-state index in [0.717, 1.165) is 6.07 Å². The summed E-state index contributed by atoms with van der Waals surface area (Å²) in [7, 11) is -2.59. The van der Waals surface area contributed by atoms with Crippen LogP contribution in [0.1, 0.15) is 38.1 Å². The molecule has 0 bridgehead atoms. The van der Waals surface area contributed by atoms with E-state index < -0.39 is 33.5 Å². The molecular weight excluding hydrogens is 356 g/mol. The van der Waals surface area contributed by atoms with Crippen molar-refractivity contribution in [3.8, 4) is 0 Å². The lowest BCUT2D eigenvalue weighted by Gasteiger charge is -2.23. The van der Waals surface area contributed by atoms with Crippen LogP contribution in [0.2, 0.25) is 5.02 Å². The zero-order chi connectivity index (χ0) is 18.7. The molecule has 1 atom stereocenters. The quantitative estimate of drug-likeness (QED) is 0.762. The van der Waals surface area contributed by atoms with Crippen LogP contribution >= 0.6 is 11.6 Å². The smallest absolute Gasteiger partial charge is 0.338 e. The maximum absolute atomic E-state index is 12.1. The van der Waals surface area contributed by atoms with Crippen LogP contribution in [0.4, 0.5) is 0 Å². The molecule has 1 aromatic carbocycles. The van der Waals surface area contributed by atoms with Crippen molar-refractivity contribution in [1.29, 1.82) is 0 Å². The average molecular weight is 377 g/mol. The molecule has 1 aromatic rings. The maximum Gasteiger partial charge on any atom is 0.338 e. The molecule has 0 spiro atoms. The molecule has 0 radical (unpaired) electrons. The second kappa shape index (κ2) is 7.50. The van der Waals surface area contributed by atoms with E-state index in [0.29, 0.717) is 0 Å². The van der Waals surface area contributed by atoms with Crippen LogP contribution in [0.5, 0.6) is 0 Å². The monoisotopic (exact) mass is 376 g/mol. The minimum absolute atomic E-state index is 0.0244. The number of carbonyl (C=O) groups excluding carboxylic acids is 2. The number of benzene rings is 1. The van der Waals surface area contributed by atoms with E-state index in [4.69, 9.17) is 16.3 Å². The minimum atomic E-state index is -3.82. The Hall–Kier alpha value is -1.64. The second-order valence-electron chi connectivity index (χ2n) is 6.14. The zero-order valence-corrected chi connectivity index (χ0v) is 15.7. The summed E-state index contributed by atoms with van der Waals surface area (Å²) in [4.78, 5) is 23.8. The predicted octanol–water partition coefficient (Wildman–Crippen LogP) is 1.71. The van der Waals surface area contributed by atoms with Gasteiger partial charge in [0.25, 0.3) is 5.91 Å². The molecule has 0 saturated carbocycles. The van der Waals surface area contributed by atoms with Gasteiger partial charge in [0.05, 0.1) is 10.6 Å². The van der Waals surface area contributed by atoms with Crippen molar-refractivity contribution >= 4 is 33.5 Å². The summed E-state index contributed by atoms with van der Waals surface area (Å²) < 4.78 is 30.9. The largest absolute Gasteiger partial charge is 0.449 e. The van der Waals surface area contributed by atoms with Gasteiger partial charge in [-0.25, -0.2) is 17.9 Å². The van der Waals surface area contributed by atoms with Crippen LogP contribution < -0.4 is 10.0 Å². The molecular formula is C15H21ClN2O5S. The third kappa shape index (κ3) is 5.47. The van der Waals surface area contributed by atoms with Gasteiger partial charge in [0.1, 0.15) is 4.90 Å². The molecule has 0 aliphatic heterocycles. The number of hydrogen-bond acceptors (Lipinski definition) is 5. The number of esters is 1. The lowest BCUT2D eigenvalue weighted by Crippen LogP contribution is -2.46. The minimum Gasteiger partial charge on any atom is -0.449 e. The topological polar surface area (TPSA) is 102 Å². The Morgan fingerprint density at radius 3 is 2.33 bits per heavy atom. The summed E-state index contributed by atoms with van der Waals surface area (Å²) in [6.07, 6.45) is -1.03. The molecule has 9 heteroatoms. The summed E-state index contributed by atoms with van der Waals surface area (Å²) >= 11 is 5.86. The Balaban J connectivity index is 2.97. The number of hydrogen-bond donors (Lipinski definition) is 2. The highest BCUT2D eigenvalue weighted by molar-refractivity contribution is 7.89. The Kier molecular flexibility index (Phi) is 6.38. The van der Waals surface area contributed by atoms with Crippen molar-refractivity contribution in [2.75, 3.05) is 7.05 Å². The van der Waals surface area contributed by atoms with E-state index in [2.05, 4.69) is 10.0 Å². The third-order valence-electron chi connectivity index (χ3n) is 2.88. The Morgan fingerprint density at radius 2 is 1.83 bits per heavy atom. The first kappa shape index (κ1) is 20.4. The normalized spacial score (nSPS) is 13.2. The van der Waals surface area contributed by atoms with Gasteiger partial charge in [0.15, 0.2) is 6.10 Å². The number of ether oxygens (including phenoxy) is 1. The van der Waals surface area contributed by atoms with Crippen LogP contribution in [0, 0.1) is 0 Å². The zero-order valence-electron chi connectivity index (χ0n) is 14.1. The SMILES string of the molecule is CNS(=O)(=O)c1cc(C(=O)O[C@@H](C)C(=O)NC(C)(C)C)ccc1Cl. The Bertz CT molecular complexity index is 741. The summed E-state index contributed by atoms with van der Waals surface area (Å²) in [5, 5.41) is 2.66. The molecule has 24 heavy (non-hydrogen) atoms. The Labute approximate surface area is 146 Å². The van der Waals surface area contributed by atoms with E-state index in [1.165, 1.54) is 26.1 Å². The molecule has 0 aliphatic carbocycles. The molecule has 0 aromatic heterocycles. The average Bonchev–Trinajstić information content (AvgIpc) is 2.45. The first-order chi connectivity index (χ1) is 10.9. The molecule has 134 valence electrons. The highest BCUT2D eigenvalue weighted by atomic mass is 35.5. The molecule has 1 amide bonds. The van der Waals surface area contributed by atoms with E-state index in [-0.39, 0.29) is 15.5 Å². The maximum atomic E-state index is 12.1. The highest BCUT2D eigenvalue weighted by Crippen LogP contribution is 2.23. The van der Waals surface area contributed by atoms with Crippen molar-refractivity contribution in [1.82, 2.24) is 10.0 Å². The number of rotatable bonds is 5. The number of amides is 1. The van der Waals surface area contributed by atoms with Gasteiger partial charge in [-0.05, 0) is 52.9 Å². The second-order valence-corrected chi connectivity index (χ2v) is 8.40. The summed E-state index contributed by atoms with van der Waals surface area (Å²) in [5.41, 5.74) is -0.491. The third-order valence-corrected chi connectivity index (χ3v) is 4.77. The van der Waals surface area contributed by atoms with Crippen LogP contribution in [0.15, 0.2) is 23.1 Å². The lowest BCUT2D eigenvalue weighted by molar-refractivity contribution is -0.130. The van der Waals surface area contributed by atoms with Gasteiger partial charge < -0.3 is 10.1 Å². The fraction of sp³-hybridized carbons (Fsp3) is 0.467. The fourth-order valence-corrected chi connectivity index (χ4v) is 2.95. The number of halogens is 1. The number of carbonyl (C=O) groups is 2. The molecule has 0 heterocycles. The molecule has 2 N–H and O–H groups in total. The van der Waals surface area contributed by atoms with Crippen molar-refractivity contribution in [3.63, 3.8) is 0 Å². The van der Waals surface area contributed by atoms with Gasteiger partial charge in [-0.2, -0.15) is 0 Å². The summed E-state index contributed by atoms with van der Waals surface area (Å²) in [6.45, 7) is 6.83. The van der Waals surface area contributed by atoms with Crippen molar-refractivity contribution in [2.24, 2.45) is 0 Å². The number of nitrogens with one attached hydrogen (secondary N) is 2. The molecule has 0 saturated heterocycles. The van der Waals surface area contributed by atoms with Crippen molar-refractivity contribution in [2.45, 2.75) is 44.2 Å². The molecule has 0 unspecified atom stereocenters. The first-order valence-corrected chi connectivity index (χ1v) is 8.99. The summed E-state index contributed by atoms with van der Waals surface area (Å²) in [6, 6.07) is 3.71. The van der Waals surface area contributed by atoms with Crippen LogP contribution in [-0.2, 0) is 19.6 Å². The molecule has 1 rings (SSSR count). The summed E-state index contributed by atoms with van der Waals surface area (Å²) in [5.74, 6) is -1.27. The number of sulfonamides is 1. The predicted molar refractivity (Wildman–Crippen MR) is 90.5 cm³/mol. The van der Waals surface area contributed by atoms with Gasteiger partial charge in [-0.1, -0.05) is 11.6 Å². The van der Waals surface area contributed by atoms with Crippen molar-refractivity contribution in [3.05, 3.63) is 28.8 Å². The fourth-order valence-electron chi connectivity index (χ4n) is 1.70. The van der Waals surface area contributed by atoms with Gasteiger partial charge in [-0.15, -0.1) is 0 Å². The van der Waals surface area contributed by atoms with Gasteiger partial charge in [-0.3, -0.25) is 4.79 Å². The van der Waals surface area contributed by atoms with E-state index >= 15 is 0 Å². The van der Waals surface area contributed by atoms with E-state index in [9.17, 15) is 18.0 Å². The standard InChI is InChI=1S/C15H21ClN2O5S/c1-9(13(19)18-15(2,3)4)23-14(20)10-6-7-11(16)12(8-10)24(21,22)17-5/h6-9,17H,1-5H3,(H,18,19)/t9-/m0/s1. The van der Waals surface area contributed by atoms with Crippen LogP contribution in [-0.4, -0.2) is 39.0 Å². The van der Waals surface area contributed by atoms with Crippen LogP contribution in [0.3, 0.4) is 0 Å². The molecule has 7 nitrogen and oxygen atoms in total. The van der Waals surface area contributed by atoms with Gasteiger partial charge >= 0.3 is 5.97 Å². The van der Waals surface area contributed by atoms with E-state index in [1.807, 2.05) is 0 Å².